The largest absolute Gasteiger partial charge is 0.465 e. The third-order valence-electron chi connectivity index (χ3n) is 7.91. The molecule has 0 aliphatic carbocycles. The van der Waals surface area contributed by atoms with Crippen LogP contribution in [0, 0.1) is 11.3 Å². The molecule has 1 aromatic heterocycles. The maximum absolute atomic E-state index is 12.9. The van der Waals surface area contributed by atoms with Crippen molar-refractivity contribution in [2.24, 2.45) is 0 Å². The van der Waals surface area contributed by atoms with Gasteiger partial charge in [0.2, 0.25) is 0 Å². The number of amides is 2. The Bertz CT molecular complexity index is 1250. The number of fused-ring (bicyclic) bond motifs is 1. The minimum absolute atomic E-state index is 0.147. The fourth-order valence-electron chi connectivity index (χ4n) is 5.61. The van der Waals surface area contributed by atoms with Gasteiger partial charge in [-0.1, -0.05) is 30.3 Å². The number of rotatable bonds is 7. The number of carbonyl (C=O) groups excluding carboxylic acids is 1. The molecule has 3 aliphatic rings. The Morgan fingerprint density at radius 2 is 1.93 bits per heavy atom. The Morgan fingerprint density at radius 1 is 1.10 bits per heavy atom. The molecule has 3 aliphatic heterocycles. The first-order chi connectivity index (χ1) is 19.4. The normalized spacial score (nSPS) is 21.1. The number of nitriles is 1. The second-order valence-corrected chi connectivity index (χ2v) is 10.5. The van der Waals surface area contributed by atoms with Crippen LogP contribution >= 0.6 is 0 Å². The summed E-state index contributed by atoms with van der Waals surface area (Å²) >= 11 is 0. The molecule has 2 fully saturated rings. The molecule has 2 amide bonds. The Balaban J connectivity index is 1.35. The summed E-state index contributed by atoms with van der Waals surface area (Å²) in [6.07, 6.45) is 1.38. The van der Waals surface area contributed by atoms with Gasteiger partial charge in [-0.15, -0.1) is 0 Å². The Kier molecular flexibility index (Phi) is 8.50. The van der Waals surface area contributed by atoms with Gasteiger partial charge >= 0.3 is 18.2 Å². The van der Waals surface area contributed by atoms with E-state index in [1.807, 2.05) is 30.3 Å². The summed E-state index contributed by atoms with van der Waals surface area (Å²) in [7, 11) is 2.07. The lowest BCUT2D eigenvalue weighted by Gasteiger charge is -2.42. The second-order valence-electron chi connectivity index (χ2n) is 10.5. The number of anilines is 1. The number of aromatic nitrogens is 2. The number of likely N-dealkylation sites (tertiary alicyclic amines) is 1. The van der Waals surface area contributed by atoms with E-state index in [1.165, 1.54) is 4.90 Å². The Hall–Kier alpha value is -4.11. The number of carbonyl (C=O) groups is 2. The standard InChI is InChI=1S/C28H35N7O5/c1-32-12-5-8-22(32)19-39-26-30-24-17-33(27(36)37)13-10-23(24)25(31-26)35-15-14-34(16-21(35)9-11-29)28(38)40-18-20-6-3-2-4-7-20/h2-4,6-7,21-22H,5,8-10,12-19H2,1H3,(H,36,37). The highest BCUT2D eigenvalue weighted by atomic mass is 16.6. The zero-order valence-electron chi connectivity index (χ0n) is 22.7. The predicted octanol–water partition coefficient (Wildman–Crippen LogP) is 2.73. The van der Waals surface area contributed by atoms with Crippen LogP contribution in [0.25, 0.3) is 0 Å². The predicted molar refractivity (Wildman–Crippen MR) is 145 cm³/mol. The van der Waals surface area contributed by atoms with E-state index in [2.05, 4.69) is 27.9 Å². The summed E-state index contributed by atoms with van der Waals surface area (Å²) in [5, 5.41) is 19.2. The minimum atomic E-state index is -0.995. The Labute approximate surface area is 233 Å². The van der Waals surface area contributed by atoms with Gasteiger partial charge in [-0.2, -0.15) is 15.2 Å². The molecule has 4 heterocycles. The summed E-state index contributed by atoms with van der Waals surface area (Å²) in [5.74, 6) is 0.655. The molecule has 0 saturated carbocycles. The number of nitrogens with zero attached hydrogens (tertiary/aromatic N) is 7. The molecule has 12 nitrogen and oxygen atoms in total. The average molecular weight is 550 g/mol. The quantitative estimate of drug-likeness (QED) is 0.549. The number of piperazine rings is 1. The topological polar surface area (TPSA) is 135 Å². The van der Waals surface area contributed by atoms with Crippen LogP contribution in [0.1, 0.15) is 36.1 Å². The summed E-state index contributed by atoms with van der Waals surface area (Å²) < 4.78 is 11.6. The molecule has 1 N–H and O–H groups in total. The lowest BCUT2D eigenvalue weighted by molar-refractivity contribution is 0.0889. The number of hydrogen-bond acceptors (Lipinski definition) is 9. The first-order valence-corrected chi connectivity index (χ1v) is 13.7. The highest BCUT2D eigenvalue weighted by Gasteiger charge is 2.35. The molecule has 40 heavy (non-hydrogen) atoms. The first kappa shape index (κ1) is 27.5. The van der Waals surface area contributed by atoms with E-state index in [4.69, 9.17) is 14.5 Å². The molecular formula is C28H35N7O5. The molecule has 0 spiro atoms. The van der Waals surface area contributed by atoms with E-state index in [-0.39, 0.29) is 37.7 Å². The third-order valence-corrected chi connectivity index (χ3v) is 7.91. The highest BCUT2D eigenvalue weighted by molar-refractivity contribution is 5.69. The number of ether oxygens (including phenoxy) is 2. The Morgan fingerprint density at radius 3 is 2.65 bits per heavy atom. The van der Waals surface area contributed by atoms with Crippen LogP contribution < -0.4 is 9.64 Å². The van der Waals surface area contributed by atoms with Crippen LogP contribution in [0.15, 0.2) is 30.3 Å². The van der Waals surface area contributed by atoms with Crippen molar-refractivity contribution in [1.82, 2.24) is 24.7 Å². The fraction of sp³-hybridized carbons (Fsp3) is 0.536. The molecule has 2 atom stereocenters. The maximum atomic E-state index is 12.9. The van der Waals surface area contributed by atoms with Crippen LogP contribution in [0.3, 0.4) is 0 Å². The molecule has 5 rings (SSSR count). The maximum Gasteiger partial charge on any atom is 0.410 e. The van der Waals surface area contributed by atoms with Crippen molar-refractivity contribution >= 4 is 18.0 Å². The summed E-state index contributed by atoms with van der Waals surface area (Å²) in [5.41, 5.74) is 2.39. The van der Waals surface area contributed by atoms with Gasteiger partial charge in [-0.25, -0.2) is 9.59 Å². The molecule has 212 valence electrons. The van der Waals surface area contributed by atoms with Gasteiger partial charge in [-0.3, -0.25) is 0 Å². The van der Waals surface area contributed by atoms with Crippen molar-refractivity contribution in [3.8, 4) is 12.1 Å². The number of hydrogen-bond donors (Lipinski definition) is 1. The smallest absolute Gasteiger partial charge is 0.410 e. The molecule has 2 aromatic rings. The van der Waals surface area contributed by atoms with Crippen molar-refractivity contribution in [3.05, 3.63) is 47.2 Å². The first-order valence-electron chi connectivity index (χ1n) is 13.7. The van der Waals surface area contributed by atoms with E-state index in [0.29, 0.717) is 50.7 Å². The van der Waals surface area contributed by atoms with E-state index in [9.17, 15) is 20.0 Å². The molecule has 2 saturated heterocycles. The molecule has 2 unspecified atom stereocenters. The van der Waals surface area contributed by atoms with Crippen molar-refractivity contribution in [2.45, 2.75) is 50.9 Å². The van der Waals surface area contributed by atoms with Gasteiger partial charge in [0, 0.05) is 37.8 Å². The molecule has 1 aromatic carbocycles. The fourth-order valence-corrected chi connectivity index (χ4v) is 5.61. The minimum Gasteiger partial charge on any atom is -0.465 e. The second kappa shape index (κ2) is 12.4. The van der Waals surface area contributed by atoms with E-state index < -0.39 is 12.2 Å². The van der Waals surface area contributed by atoms with E-state index >= 15 is 0 Å². The van der Waals surface area contributed by atoms with Gasteiger partial charge in [0.25, 0.3) is 0 Å². The van der Waals surface area contributed by atoms with Gasteiger partial charge in [0.15, 0.2) is 0 Å². The third kappa shape index (κ3) is 6.20. The number of benzene rings is 1. The summed E-state index contributed by atoms with van der Waals surface area (Å²) in [6.45, 7) is 3.28. The van der Waals surface area contributed by atoms with Crippen LogP contribution in [0.4, 0.5) is 15.4 Å². The molecule has 0 bridgehead atoms. The summed E-state index contributed by atoms with van der Waals surface area (Å²) in [6, 6.07) is 11.9. The van der Waals surface area contributed by atoms with E-state index in [0.717, 1.165) is 30.5 Å². The van der Waals surface area contributed by atoms with E-state index in [1.54, 1.807) is 4.90 Å². The summed E-state index contributed by atoms with van der Waals surface area (Å²) in [4.78, 5) is 41.3. The molecule has 0 radical (unpaired) electrons. The highest BCUT2D eigenvalue weighted by Crippen LogP contribution is 2.32. The average Bonchev–Trinajstić information content (AvgIpc) is 3.39. The van der Waals surface area contributed by atoms with Gasteiger partial charge in [-0.05, 0) is 38.4 Å². The van der Waals surface area contributed by atoms with Crippen molar-refractivity contribution in [2.75, 3.05) is 51.3 Å². The SMILES string of the molecule is CN1CCCC1COc1nc2c(c(N3CCN(C(=O)OCc4ccccc4)CC3CC#N)n1)CCN(C(=O)O)C2. The van der Waals surface area contributed by atoms with Crippen LogP contribution in [-0.2, 0) is 24.3 Å². The zero-order valence-corrected chi connectivity index (χ0v) is 22.7. The van der Waals surface area contributed by atoms with Gasteiger partial charge in [0.1, 0.15) is 19.0 Å². The molecular weight excluding hydrogens is 514 g/mol. The monoisotopic (exact) mass is 549 g/mol. The number of carboxylic acid groups (broad SMARTS) is 1. The number of likely N-dealkylation sites (N-methyl/N-ethyl adjacent to an activating group) is 1. The molecule has 12 heteroatoms. The van der Waals surface area contributed by atoms with Gasteiger partial charge in [0.05, 0.1) is 30.8 Å². The van der Waals surface area contributed by atoms with Crippen LogP contribution in [0.2, 0.25) is 0 Å². The lowest BCUT2D eigenvalue weighted by Crippen LogP contribution is -2.55. The lowest BCUT2D eigenvalue weighted by atomic mass is 10.0. The van der Waals surface area contributed by atoms with Gasteiger partial charge < -0.3 is 34.2 Å². The van der Waals surface area contributed by atoms with Crippen LogP contribution in [0.5, 0.6) is 6.01 Å². The van der Waals surface area contributed by atoms with Crippen molar-refractivity contribution < 1.29 is 24.2 Å². The van der Waals surface area contributed by atoms with Crippen LogP contribution in [-0.4, -0.2) is 100 Å². The van der Waals surface area contributed by atoms with Crippen molar-refractivity contribution in [1.29, 1.82) is 5.26 Å². The zero-order chi connectivity index (χ0) is 28.1. The van der Waals surface area contributed by atoms with Crippen molar-refractivity contribution in [3.63, 3.8) is 0 Å².